The normalized spacial score (nSPS) is 15.5. The molecule has 0 radical (unpaired) electrons. The summed E-state index contributed by atoms with van der Waals surface area (Å²) < 4.78 is 15.3. The second-order valence-corrected chi connectivity index (χ2v) is 10.2. The average molecular weight is 552 g/mol. The van der Waals surface area contributed by atoms with E-state index in [1.165, 1.54) is 4.90 Å². The summed E-state index contributed by atoms with van der Waals surface area (Å²) in [6.45, 7) is 7.17. The van der Waals surface area contributed by atoms with E-state index in [-0.39, 0.29) is 28.3 Å². The van der Waals surface area contributed by atoms with Gasteiger partial charge in [-0.3, -0.25) is 19.3 Å². The molecule has 5 N–H and O–H groups in total. The zero-order chi connectivity index (χ0) is 28.1. The molecule has 1 aliphatic rings. The van der Waals surface area contributed by atoms with E-state index in [9.17, 15) is 14.4 Å². The molecule has 206 valence electrons. The van der Waals surface area contributed by atoms with Crippen LogP contribution in [-0.2, 0) is 9.53 Å². The number of nitrogens with zero attached hydrogens (tertiary/aromatic N) is 2. The molecule has 2 heterocycles. The van der Waals surface area contributed by atoms with Crippen LogP contribution in [0.1, 0.15) is 62.7 Å². The zero-order valence-corrected chi connectivity index (χ0v) is 23.0. The first-order valence-electron chi connectivity index (χ1n) is 12.8. The first kappa shape index (κ1) is 28.1. The van der Waals surface area contributed by atoms with Crippen LogP contribution in [0.25, 0.3) is 0 Å². The number of amides is 3. The van der Waals surface area contributed by atoms with Crippen molar-refractivity contribution in [2.75, 3.05) is 30.4 Å². The van der Waals surface area contributed by atoms with Crippen molar-refractivity contribution in [1.82, 2.24) is 9.69 Å². The molecule has 0 aliphatic carbocycles. The van der Waals surface area contributed by atoms with Gasteiger partial charge in [-0.15, -0.1) is 0 Å². The van der Waals surface area contributed by atoms with Gasteiger partial charge in [0.15, 0.2) is 5.69 Å². The van der Waals surface area contributed by atoms with Crippen molar-refractivity contribution in [3.63, 3.8) is 0 Å². The quantitative estimate of drug-likeness (QED) is 0.349. The molecule has 0 spiro atoms. The van der Waals surface area contributed by atoms with E-state index in [1.807, 2.05) is 39.0 Å². The van der Waals surface area contributed by atoms with Crippen LogP contribution < -0.4 is 26.4 Å². The van der Waals surface area contributed by atoms with E-state index in [2.05, 4.69) is 9.69 Å². The molecule has 2 aromatic carbocycles. The largest absolute Gasteiger partial charge is 0.494 e. The highest BCUT2D eigenvalue weighted by atomic mass is 32.1. The Bertz CT molecular complexity index is 1330. The molecule has 3 amide bonds. The number of aryl methyl sites for hydroxylation is 2. The Labute approximate surface area is 231 Å². The number of carbonyl (C=O) groups excluding carboxylic acids is 3. The Morgan fingerprint density at radius 3 is 2.44 bits per heavy atom. The molecule has 1 fully saturated rings. The molecule has 2 atom stereocenters. The summed E-state index contributed by atoms with van der Waals surface area (Å²) >= 11 is 0.772. The zero-order valence-electron chi connectivity index (χ0n) is 22.2. The van der Waals surface area contributed by atoms with Gasteiger partial charge in [0, 0.05) is 18.8 Å². The lowest BCUT2D eigenvalue weighted by atomic mass is 10.0. The van der Waals surface area contributed by atoms with E-state index >= 15 is 0 Å². The summed E-state index contributed by atoms with van der Waals surface area (Å²) in [6.07, 6.45) is 1.69. The Hall–Kier alpha value is -3.96. The molecular weight excluding hydrogens is 518 g/mol. The fourth-order valence-electron chi connectivity index (χ4n) is 4.66. The van der Waals surface area contributed by atoms with E-state index in [1.54, 1.807) is 24.3 Å². The second-order valence-electron chi connectivity index (χ2n) is 9.44. The molecule has 10 nitrogen and oxygen atoms in total. The average Bonchev–Trinajstić information content (AvgIpc) is 3.55. The van der Waals surface area contributed by atoms with Gasteiger partial charge in [-0.1, -0.05) is 18.2 Å². The van der Waals surface area contributed by atoms with Crippen LogP contribution in [-0.4, -0.2) is 48.0 Å². The summed E-state index contributed by atoms with van der Waals surface area (Å²) in [4.78, 5) is 41.4. The van der Waals surface area contributed by atoms with Crippen LogP contribution >= 0.6 is 11.5 Å². The predicted octanol–water partition coefficient (Wildman–Crippen LogP) is 3.52. The summed E-state index contributed by atoms with van der Waals surface area (Å²) in [6, 6.07) is 11.6. The second kappa shape index (κ2) is 12.3. The van der Waals surface area contributed by atoms with Gasteiger partial charge in [0.1, 0.15) is 16.7 Å². The first-order valence-corrected chi connectivity index (χ1v) is 13.6. The number of benzene rings is 2. The lowest BCUT2D eigenvalue weighted by molar-refractivity contribution is -0.123. The molecular formula is C28H33N5O5S. The number of nitrogen functional groups attached to an aromatic ring is 1. The number of rotatable bonds is 10. The van der Waals surface area contributed by atoms with Crippen molar-refractivity contribution in [2.24, 2.45) is 5.73 Å². The number of aromatic nitrogens is 1. The molecule has 1 aliphatic heterocycles. The highest BCUT2D eigenvalue weighted by Crippen LogP contribution is 2.34. The molecule has 11 heteroatoms. The lowest BCUT2D eigenvalue weighted by Gasteiger charge is -2.32. The van der Waals surface area contributed by atoms with Gasteiger partial charge < -0.3 is 26.3 Å². The van der Waals surface area contributed by atoms with Crippen molar-refractivity contribution >= 4 is 40.6 Å². The van der Waals surface area contributed by atoms with Crippen molar-refractivity contribution < 1.29 is 23.9 Å². The fraction of sp³-hybridized carbons (Fsp3) is 0.357. The highest BCUT2D eigenvalue weighted by molar-refractivity contribution is 7.09. The summed E-state index contributed by atoms with van der Waals surface area (Å²) in [5.74, 6) is -1.16. The topological polar surface area (TPSA) is 150 Å². The minimum atomic E-state index is -1.07. The number of ether oxygens (including phenoxy) is 2. The summed E-state index contributed by atoms with van der Waals surface area (Å²) in [5.41, 5.74) is 14.1. The standard InChI is InChI=1S/C28H33N5O5S/c1-4-37-20-9-7-18(8-10-20)24(27(35)31-15-21-6-5-11-38-21)33(19-13-16(2)12-17(3)14-19)28(36)25-22(29)23(26(30)34)32-39-25/h7-10,12-14,21,24H,4-6,11,15,29H2,1-3H3,(H2,30,34)(H,31,35)/t21-,24+/m1/s1. The van der Waals surface area contributed by atoms with Crippen LogP contribution in [0.3, 0.4) is 0 Å². The monoisotopic (exact) mass is 551 g/mol. The van der Waals surface area contributed by atoms with Crippen molar-refractivity contribution in [3.8, 4) is 5.75 Å². The smallest absolute Gasteiger partial charge is 0.273 e. The van der Waals surface area contributed by atoms with E-state index < -0.39 is 17.9 Å². The third kappa shape index (κ3) is 6.37. The number of anilines is 2. The Kier molecular flexibility index (Phi) is 8.82. The summed E-state index contributed by atoms with van der Waals surface area (Å²) in [5, 5.41) is 2.98. The number of hydrogen-bond acceptors (Lipinski definition) is 8. The van der Waals surface area contributed by atoms with Crippen molar-refractivity contribution in [1.29, 1.82) is 0 Å². The minimum Gasteiger partial charge on any atom is -0.494 e. The molecule has 3 aromatic rings. The molecule has 39 heavy (non-hydrogen) atoms. The Morgan fingerprint density at radius 1 is 1.18 bits per heavy atom. The SMILES string of the molecule is CCOc1ccc([C@@H](C(=O)NC[C@H]2CCCO2)N(C(=O)c2snc(C(N)=O)c2N)c2cc(C)cc(C)c2)cc1. The molecule has 0 bridgehead atoms. The maximum absolute atomic E-state index is 14.2. The minimum absolute atomic E-state index is 0.0193. The van der Waals surface area contributed by atoms with Gasteiger partial charge in [0.05, 0.1) is 18.4 Å². The Balaban J connectivity index is 1.83. The number of nitrogens with two attached hydrogens (primary N) is 2. The van der Waals surface area contributed by atoms with Crippen LogP contribution in [0.5, 0.6) is 5.75 Å². The highest BCUT2D eigenvalue weighted by Gasteiger charge is 2.36. The van der Waals surface area contributed by atoms with Gasteiger partial charge in [0.2, 0.25) is 5.91 Å². The van der Waals surface area contributed by atoms with Gasteiger partial charge in [-0.05, 0) is 86.1 Å². The van der Waals surface area contributed by atoms with Crippen LogP contribution in [0.4, 0.5) is 11.4 Å². The van der Waals surface area contributed by atoms with E-state index in [4.69, 9.17) is 20.9 Å². The molecule has 1 aromatic heterocycles. The summed E-state index contributed by atoms with van der Waals surface area (Å²) in [7, 11) is 0. The third-order valence-electron chi connectivity index (χ3n) is 6.40. The van der Waals surface area contributed by atoms with Crippen LogP contribution in [0, 0.1) is 13.8 Å². The van der Waals surface area contributed by atoms with Gasteiger partial charge in [0.25, 0.3) is 11.8 Å². The van der Waals surface area contributed by atoms with E-state index in [0.717, 1.165) is 35.5 Å². The Morgan fingerprint density at radius 2 is 1.87 bits per heavy atom. The number of carbonyl (C=O) groups is 3. The van der Waals surface area contributed by atoms with Crippen LogP contribution in [0.15, 0.2) is 42.5 Å². The molecule has 4 rings (SSSR count). The molecule has 0 saturated carbocycles. The first-order chi connectivity index (χ1) is 18.7. The molecule has 1 saturated heterocycles. The number of nitrogens with one attached hydrogen (secondary N) is 1. The van der Waals surface area contributed by atoms with Crippen molar-refractivity contribution in [2.45, 2.75) is 45.8 Å². The molecule has 0 unspecified atom stereocenters. The predicted molar refractivity (Wildman–Crippen MR) is 150 cm³/mol. The number of hydrogen-bond donors (Lipinski definition) is 3. The lowest BCUT2D eigenvalue weighted by Crippen LogP contribution is -2.45. The van der Waals surface area contributed by atoms with Crippen LogP contribution in [0.2, 0.25) is 0 Å². The fourth-order valence-corrected chi connectivity index (χ4v) is 5.40. The van der Waals surface area contributed by atoms with Crippen molar-refractivity contribution in [3.05, 3.63) is 69.7 Å². The maximum atomic E-state index is 14.2. The maximum Gasteiger partial charge on any atom is 0.273 e. The number of primary amides is 1. The van der Waals surface area contributed by atoms with Gasteiger partial charge >= 0.3 is 0 Å². The third-order valence-corrected chi connectivity index (χ3v) is 7.25. The van der Waals surface area contributed by atoms with Gasteiger partial charge in [-0.25, -0.2) is 0 Å². The van der Waals surface area contributed by atoms with E-state index in [0.29, 0.717) is 36.8 Å². The van der Waals surface area contributed by atoms with Gasteiger partial charge in [-0.2, -0.15) is 4.37 Å².